The summed E-state index contributed by atoms with van der Waals surface area (Å²) in [7, 11) is 1.27. The fourth-order valence-electron chi connectivity index (χ4n) is 2.43. The molecule has 1 aliphatic rings. The molecule has 0 aliphatic carbocycles. The van der Waals surface area contributed by atoms with Crippen molar-refractivity contribution in [3.8, 4) is 6.07 Å². The maximum absolute atomic E-state index is 11.9. The van der Waals surface area contributed by atoms with Crippen molar-refractivity contribution in [2.75, 3.05) is 12.0 Å². The molecule has 0 radical (unpaired) electrons. The van der Waals surface area contributed by atoms with Crippen molar-refractivity contribution >= 4 is 23.3 Å². The summed E-state index contributed by atoms with van der Waals surface area (Å²) in [5.74, 6) is -0.515. The second kappa shape index (κ2) is 5.90. The number of carbonyl (C=O) groups is 1. The maximum Gasteiger partial charge on any atom is 0.331 e. The second-order valence-corrected chi connectivity index (χ2v) is 5.10. The minimum Gasteiger partial charge on any atom is -0.467 e. The van der Waals surface area contributed by atoms with Gasteiger partial charge in [0.15, 0.2) is 6.04 Å². The van der Waals surface area contributed by atoms with Crippen LogP contribution in [0, 0.1) is 18.3 Å². The van der Waals surface area contributed by atoms with E-state index in [1.807, 2.05) is 6.07 Å². The highest BCUT2D eigenvalue weighted by atomic mass is 35.5. The fourth-order valence-corrected chi connectivity index (χ4v) is 2.63. The van der Waals surface area contributed by atoms with Crippen molar-refractivity contribution in [2.45, 2.75) is 32.4 Å². The van der Waals surface area contributed by atoms with Gasteiger partial charge in [-0.2, -0.15) is 5.26 Å². The van der Waals surface area contributed by atoms with Crippen molar-refractivity contribution in [3.63, 3.8) is 0 Å². The summed E-state index contributed by atoms with van der Waals surface area (Å²) >= 11 is 6.13. The number of ether oxygens (including phenoxy) is 2. The van der Waals surface area contributed by atoms with Gasteiger partial charge >= 0.3 is 5.97 Å². The Balaban J connectivity index is 2.51. The molecule has 1 unspecified atom stereocenters. The number of rotatable bonds is 2. The molecule has 0 aromatic heterocycles. The minimum absolute atomic E-state index is 0.283. The number of aliphatic hydroxyl groups excluding tert-OH is 1. The predicted octanol–water partition coefficient (Wildman–Crippen LogP) is 1.56. The van der Waals surface area contributed by atoms with Crippen LogP contribution >= 0.6 is 11.6 Å². The molecule has 1 aromatic carbocycles. The first kappa shape index (κ1) is 15.6. The lowest BCUT2D eigenvalue weighted by Crippen LogP contribution is -2.45. The summed E-state index contributed by atoms with van der Waals surface area (Å²) in [6.07, 6.45) is -1.83. The van der Waals surface area contributed by atoms with Gasteiger partial charge in [0.2, 0.25) is 6.41 Å². The molecule has 0 spiro atoms. The van der Waals surface area contributed by atoms with Crippen LogP contribution in [0.4, 0.5) is 5.69 Å². The van der Waals surface area contributed by atoms with Crippen LogP contribution in [0.2, 0.25) is 5.02 Å². The molecular weight excluding hydrogens is 296 g/mol. The highest BCUT2D eigenvalue weighted by Crippen LogP contribution is 2.35. The van der Waals surface area contributed by atoms with E-state index in [9.17, 15) is 9.90 Å². The van der Waals surface area contributed by atoms with E-state index >= 15 is 0 Å². The van der Waals surface area contributed by atoms with Gasteiger partial charge in [-0.3, -0.25) is 0 Å². The Bertz CT molecular complexity index is 614. The number of nitrogens with zero attached hydrogens (tertiary/aromatic N) is 2. The SMILES string of the molecule is COC(=O)[C@H]1[C@@H](C)OC(O)N1c1ccc(C#N)c(Cl)c1C. The van der Waals surface area contributed by atoms with Gasteiger partial charge in [-0.05, 0) is 31.5 Å². The van der Waals surface area contributed by atoms with Crippen molar-refractivity contribution in [2.24, 2.45) is 0 Å². The number of halogens is 1. The molecule has 7 heteroatoms. The number of carbonyl (C=O) groups excluding carboxylic acids is 1. The molecule has 2 rings (SSSR count). The van der Waals surface area contributed by atoms with E-state index in [1.165, 1.54) is 18.1 Å². The van der Waals surface area contributed by atoms with Crippen LogP contribution in [-0.2, 0) is 14.3 Å². The van der Waals surface area contributed by atoms with Gasteiger partial charge in [0.05, 0.1) is 23.8 Å². The van der Waals surface area contributed by atoms with Crippen molar-refractivity contribution < 1.29 is 19.4 Å². The van der Waals surface area contributed by atoms with Crippen LogP contribution in [0.15, 0.2) is 12.1 Å². The third kappa shape index (κ3) is 2.56. The Hall–Kier alpha value is -1.81. The lowest BCUT2D eigenvalue weighted by Gasteiger charge is -2.28. The van der Waals surface area contributed by atoms with E-state index in [0.29, 0.717) is 16.8 Å². The lowest BCUT2D eigenvalue weighted by molar-refractivity contribution is -0.143. The second-order valence-electron chi connectivity index (χ2n) is 4.73. The number of benzene rings is 1. The first-order valence-corrected chi connectivity index (χ1v) is 6.69. The zero-order valence-corrected chi connectivity index (χ0v) is 12.6. The van der Waals surface area contributed by atoms with Crippen LogP contribution < -0.4 is 4.90 Å². The number of methoxy groups -OCH3 is 1. The average molecular weight is 311 g/mol. The Labute approximate surface area is 127 Å². The molecule has 6 nitrogen and oxygen atoms in total. The third-order valence-electron chi connectivity index (χ3n) is 3.52. The van der Waals surface area contributed by atoms with Gasteiger partial charge < -0.3 is 19.5 Å². The Kier molecular flexibility index (Phi) is 4.37. The molecule has 1 aliphatic heterocycles. The largest absolute Gasteiger partial charge is 0.467 e. The van der Waals surface area contributed by atoms with Gasteiger partial charge in [-0.25, -0.2) is 4.79 Å². The number of hydrogen-bond acceptors (Lipinski definition) is 6. The van der Waals surface area contributed by atoms with Gasteiger partial charge in [0.25, 0.3) is 0 Å². The van der Waals surface area contributed by atoms with E-state index in [-0.39, 0.29) is 5.02 Å². The third-order valence-corrected chi connectivity index (χ3v) is 4.00. The number of esters is 1. The number of aliphatic hydroxyl groups is 1. The molecule has 3 atom stereocenters. The van der Waals surface area contributed by atoms with Crippen molar-refractivity contribution in [1.82, 2.24) is 0 Å². The first-order chi connectivity index (χ1) is 9.92. The van der Waals surface area contributed by atoms with E-state index in [4.69, 9.17) is 26.3 Å². The molecule has 1 fully saturated rings. The molecule has 112 valence electrons. The molecule has 0 bridgehead atoms. The predicted molar refractivity (Wildman–Crippen MR) is 75.7 cm³/mol. The zero-order chi connectivity index (χ0) is 15.7. The van der Waals surface area contributed by atoms with Crippen LogP contribution in [-0.4, -0.2) is 36.7 Å². The van der Waals surface area contributed by atoms with Gasteiger partial charge in [0, 0.05) is 5.69 Å². The van der Waals surface area contributed by atoms with E-state index in [1.54, 1.807) is 19.9 Å². The highest BCUT2D eigenvalue weighted by Gasteiger charge is 2.45. The smallest absolute Gasteiger partial charge is 0.331 e. The summed E-state index contributed by atoms with van der Waals surface area (Å²) in [6.45, 7) is 3.38. The summed E-state index contributed by atoms with van der Waals surface area (Å²) in [5.41, 5.74) is 1.43. The molecule has 0 amide bonds. The molecule has 1 saturated heterocycles. The van der Waals surface area contributed by atoms with Crippen molar-refractivity contribution in [3.05, 3.63) is 28.3 Å². The van der Waals surface area contributed by atoms with E-state index < -0.39 is 24.5 Å². The van der Waals surface area contributed by atoms with Crippen molar-refractivity contribution in [1.29, 1.82) is 5.26 Å². The minimum atomic E-state index is -1.29. The average Bonchev–Trinajstić information content (AvgIpc) is 2.75. The molecular formula is C14H15ClN2O4. The summed E-state index contributed by atoms with van der Waals surface area (Å²) in [6, 6.07) is 4.36. The topological polar surface area (TPSA) is 82.8 Å². The number of nitriles is 1. The normalized spacial score (nSPS) is 24.8. The molecule has 0 saturated carbocycles. The van der Waals surface area contributed by atoms with Crippen LogP contribution in [0.25, 0.3) is 0 Å². The van der Waals surface area contributed by atoms with Gasteiger partial charge in [0.1, 0.15) is 6.07 Å². The lowest BCUT2D eigenvalue weighted by atomic mass is 10.1. The molecule has 21 heavy (non-hydrogen) atoms. The molecule has 1 aromatic rings. The van der Waals surface area contributed by atoms with Crippen LogP contribution in [0.1, 0.15) is 18.1 Å². The zero-order valence-electron chi connectivity index (χ0n) is 11.8. The Morgan fingerprint density at radius 3 is 2.81 bits per heavy atom. The fraction of sp³-hybridized carbons (Fsp3) is 0.429. The number of hydrogen-bond donors (Lipinski definition) is 1. The summed E-state index contributed by atoms with van der Waals surface area (Å²) < 4.78 is 10.1. The molecule has 1 heterocycles. The highest BCUT2D eigenvalue weighted by molar-refractivity contribution is 6.32. The molecule has 1 N–H and O–H groups in total. The first-order valence-electron chi connectivity index (χ1n) is 6.31. The summed E-state index contributed by atoms with van der Waals surface area (Å²) in [4.78, 5) is 13.3. The van der Waals surface area contributed by atoms with E-state index in [2.05, 4.69) is 0 Å². The van der Waals surface area contributed by atoms with Crippen LogP contribution in [0.5, 0.6) is 0 Å². The Morgan fingerprint density at radius 1 is 1.57 bits per heavy atom. The number of anilines is 1. The monoisotopic (exact) mass is 310 g/mol. The van der Waals surface area contributed by atoms with Gasteiger partial charge in [-0.1, -0.05) is 11.6 Å². The Morgan fingerprint density at radius 2 is 2.24 bits per heavy atom. The quantitative estimate of drug-likeness (QED) is 0.835. The van der Waals surface area contributed by atoms with Crippen LogP contribution in [0.3, 0.4) is 0 Å². The van der Waals surface area contributed by atoms with E-state index in [0.717, 1.165) is 0 Å². The standard InChI is InChI=1S/C14H15ClN2O4/c1-7-10(5-4-9(6-16)11(7)15)17-12(13(18)20-3)8(2)21-14(17)19/h4-5,8,12,14,19H,1-3H3/t8-,12-,14?/m1/s1. The summed E-state index contributed by atoms with van der Waals surface area (Å²) in [5, 5.41) is 19.3. The maximum atomic E-state index is 11.9. The van der Waals surface area contributed by atoms with Gasteiger partial charge in [-0.15, -0.1) is 0 Å².